The number of hydrogen-bond donors (Lipinski definition) is 1. The van der Waals surface area contributed by atoms with E-state index in [1.54, 1.807) is 0 Å². The molecule has 1 aliphatic rings. The van der Waals surface area contributed by atoms with Crippen molar-refractivity contribution >= 4 is 5.96 Å². The summed E-state index contributed by atoms with van der Waals surface area (Å²) in [6.07, 6.45) is 3.70. The maximum absolute atomic E-state index is 5.94. The summed E-state index contributed by atoms with van der Waals surface area (Å²) < 4.78 is 2.03. The van der Waals surface area contributed by atoms with E-state index in [-0.39, 0.29) is 6.04 Å². The summed E-state index contributed by atoms with van der Waals surface area (Å²) in [5.74, 6) is 0.637. The van der Waals surface area contributed by atoms with Crippen molar-refractivity contribution in [2.75, 3.05) is 33.7 Å². The van der Waals surface area contributed by atoms with Crippen molar-refractivity contribution in [2.24, 2.45) is 17.8 Å². The second kappa shape index (κ2) is 4.75. The van der Waals surface area contributed by atoms with Crippen LogP contribution >= 0.6 is 0 Å². The third kappa shape index (κ3) is 2.41. The van der Waals surface area contributed by atoms with Crippen molar-refractivity contribution in [3.05, 3.63) is 18.2 Å². The number of nitrogens with zero attached hydrogens (tertiary/aromatic N) is 5. The standard InChI is InChI=1S/C11H20N6/c1-15(2)4-5-17-10(7-14-11(17)12)9-6-13-8-16(9)3/h6,8,10H,4-5,7H2,1-3H3,(H2,12,14). The van der Waals surface area contributed by atoms with E-state index in [0.29, 0.717) is 5.96 Å². The first kappa shape index (κ1) is 11.9. The van der Waals surface area contributed by atoms with Gasteiger partial charge < -0.3 is 20.1 Å². The zero-order valence-electron chi connectivity index (χ0n) is 10.7. The predicted molar refractivity (Wildman–Crippen MR) is 67.7 cm³/mol. The molecule has 0 aromatic carbocycles. The molecule has 2 N–H and O–H groups in total. The molecule has 1 atom stereocenters. The highest BCUT2D eigenvalue weighted by Gasteiger charge is 2.28. The van der Waals surface area contributed by atoms with E-state index in [4.69, 9.17) is 5.73 Å². The normalized spacial score (nSPS) is 20.1. The van der Waals surface area contributed by atoms with Gasteiger partial charge in [-0.05, 0) is 14.1 Å². The van der Waals surface area contributed by atoms with Crippen molar-refractivity contribution in [2.45, 2.75) is 6.04 Å². The molecule has 1 aromatic rings. The van der Waals surface area contributed by atoms with E-state index < -0.39 is 0 Å². The van der Waals surface area contributed by atoms with Crippen LogP contribution in [0.3, 0.4) is 0 Å². The van der Waals surface area contributed by atoms with Gasteiger partial charge in [-0.2, -0.15) is 0 Å². The van der Waals surface area contributed by atoms with Gasteiger partial charge >= 0.3 is 0 Å². The molecule has 0 amide bonds. The quantitative estimate of drug-likeness (QED) is 0.776. The van der Waals surface area contributed by atoms with Crippen LogP contribution in [-0.2, 0) is 7.05 Å². The zero-order valence-corrected chi connectivity index (χ0v) is 10.7. The molecule has 0 bridgehead atoms. The van der Waals surface area contributed by atoms with Gasteiger partial charge in [0.2, 0.25) is 0 Å². The highest BCUT2D eigenvalue weighted by atomic mass is 15.3. The summed E-state index contributed by atoms with van der Waals surface area (Å²) in [5.41, 5.74) is 7.10. The second-order valence-corrected chi connectivity index (χ2v) is 4.64. The molecular formula is C11H20N6. The number of imidazole rings is 1. The Hall–Kier alpha value is -1.56. The van der Waals surface area contributed by atoms with Crippen LogP contribution in [0.1, 0.15) is 11.7 Å². The lowest BCUT2D eigenvalue weighted by atomic mass is 10.2. The molecule has 0 radical (unpaired) electrons. The van der Waals surface area contributed by atoms with Crippen molar-refractivity contribution < 1.29 is 0 Å². The minimum atomic E-state index is 0.224. The van der Waals surface area contributed by atoms with Crippen LogP contribution in [-0.4, -0.2) is 59.0 Å². The summed E-state index contributed by atoms with van der Waals surface area (Å²) in [6, 6.07) is 0.224. The Morgan fingerprint density at radius 2 is 2.29 bits per heavy atom. The second-order valence-electron chi connectivity index (χ2n) is 4.64. The summed E-state index contributed by atoms with van der Waals surface area (Å²) >= 11 is 0. The Balaban J connectivity index is 2.10. The van der Waals surface area contributed by atoms with Gasteiger partial charge in [0.15, 0.2) is 5.96 Å². The number of aryl methyl sites for hydroxylation is 1. The van der Waals surface area contributed by atoms with Crippen LogP contribution in [0, 0.1) is 0 Å². The van der Waals surface area contributed by atoms with Gasteiger partial charge in [0.1, 0.15) is 0 Å². The summed E-state index contributed by atoms with van der Waals surface area (Å²) in [6.45, 7) is 2.57. The fourth-order valence-corrected chi connectivity index (χ4v) is 2.05. The van der Waals surface area contributed by atoms with E-state index >= 15 is 0 Å². The first-order valence-corrected chi connectivity index (χ1v) is 5.77. The molecule has 0 spiro atoms. The van der Waals surface area contributed by atoms with Gasteiger partial charge in [0.05, 0.1) is 30.8 Å². The number of nitrogens with two attached hydrogens (primary N) is 1. The van der Waals surface area contributed by atoms with E-state index in [9.17, 15) is 0 Å². The van der Waals surface area contributed by atoms with Crippen molar-refractivity contribution in [3.8, 4) is 0 Å². The Morgan fingerprint density at radius 1 is 1.53 bits per heavy atom. The van der Waals surface area contributed by atoms with Gasteiger partial charge in [-0.15, -0.1) is 0 Å². The smallest absolute Gasteiger partial charge is 0.192 e. The molecule has 0 saturated heterocycles. The number of hydrogen-bond acceptors (Lipinski definition) is 5. The van der Waals surface area contributed by atoms with Gasteiger partial charge in [-0.1, -0.05) is 0 Å². The van der Waals surface area contributed by atoms with Crippen LogP contribution in [0.25, 0.3) is 0 Å². The Kier molecular flexibility index (Phi) is 3.33. The lowest BCUT2D eigenvalue weighted by Crippen LogP contribution is -2.40. The molecular weight excluding hydrogens is 216 g/mol. The first-order chi connectivity index (χ1) is 8.09. The van der Waals surface area contributed by atoms with Crippen molar-refractivity contribution in [1.82, 2.24) is 19.4 Å². The highest BCUT2D eigenvalue weighted by molar-refractivity contribution is 5.80. The number of aliphatic imine (C=N–C) groups is 1. The molecule has 0 fully saturated rings. The predicted octanol–water partition coefficient (Wildman–Crippen LogP) is -0.347. The average Bonchev–Trinajstić information content (AvgIpc) is 2.82. The molecule has 0 saturated carbocycles. The number of rotatable bonds is 4. The third-order valence-electron chi connectivity index (χ3n) is 3.08. The fraction of sp³-hybridized carbons (Fsp3) is 0.636. The first-order valence-electron chi connectivity index (χ1n) is 5.77. The monoisotopic (exact) mass is 236 g/mol. The van der Waals surface area contributed by atoms with Gasteiger partial charge in [0, 0.05) is 20.1 Å². The molecule has 1 unspecified atom stereocenters. The SMILES string of the molecule is CN(C)CCN1C(N)=NCC1c1cncn1C. The van der Waals surface area contributed by atoms with Gasteiger partial charge in [-0.25, -0.2) is 4.98 Å². The molecule has 1 aliphatic heterocycles. The molecule has 17 heavy (non-hydrogen) atoms. The minimum absolute atomic E-state index is 0.224. The van der Waals surface area contributed by atoms with Crippen LogP contribution in [0.2, 0.25) is 0 Å². The van der Waals surface area contributed by atoms with Crippen LogP contribution in [0.4, 0.5) is 0 Å². The third-order valence-corrected chi connectivity index (χ3v) is 3.08. The summed E-state index contributed by atoms with van der Waals surface area (Å²) in [7, 11) is 6.12. The molecule has 94 valence electrons. The average molecular weight is 236 g/mol. The number of guanidine groups is 1. The van der Waals surface area contributed by atoms with Gasteiger partial charge in [0.25, 0.3) is 0 Å². The van der Waals surface area contributed by atoms with E-state index in [1.807, 2.05) is 24.1 Å². The van der Waals surface area contributed by atoms with Crippen LogP contribution < -0.4 is 5.73 Å². The lowest BCUT2D eigenvalue weighted by molar-refractivity contribution is 0.287. The van der Waals surface area contributed by atoms with Gasteiger partial charge in [-0.3, -0.25) is 4.99 Å². The zero-order chi connectivity index (χ0) is 12.4. The van der Waals surface area contributed by atoms with E-state index in [0.717, 1.165) is 25.3 Å². The molecule has 2 heterocycles. The van der Waals surface area contributed by atoms with Crippen LogP contribution in [0.15, 0.2) is 17.5 Å². The summed E-state index contributed by atoms with van der Waals surface area (Å²) in [5, 5.41) is 0. The topological polar surface area (TPSA) is 62.7 Å². The summed E-state index contributed by atoms with van der Waals surface area (Å²) in [4.78, 5) is 12.8. The number of aromatic nitrogens is 2. The molecule has 6 nitrogen and oxygen atoms in total. The maximum atomic E-state index is 5.94. The molecule has 1 aromatic heterocycles. The highest BCUT2D eigenvalue weighted by Crippen LogP contribution is 2.24. The minimum Gasteiger partial charge on any atom is -0.370 e. The maximum Gasteiger partial charge on any atom is 0.192 e. The molecule has 0 aliphatic carbocycles. The number of likely N-dealkylation sites (N-methyl/N-ethyl adjacent to an activating group) is 1. The lowest BCUT2D eigenvalue weighted by Gasteiger charge is -2.27. The Morgan fingerprint density at radius 3 is 2.88 bits per heavy atom. The van der Waals surface area contributed by atoms with Crippen molar-refractivity contribution in [1.29, 1.82) is 0 Å². The van der Waals surface area contributed by atoms with E-state index in [2.05, 4.69) is 33.9 Å². The Bertz CT molecular complexity index is 408. The largest absolute Gasteiger partial charge is 0.370 e. The van der Waals surface area contributed by atoms with E-state index in [1.165, 1.54) is 0 Å². The van der Waals surface area contributed by atoms with Crippen molar-refractivity contribution in [3.63, 3.8) is 0 Å². The Labute approximate surface area is 102 Å². The van der Waals surface area contributed by atoms with Crippen LogP contribution in [0.5, 0.6) is 0 Å². The molecule has 6 heteroatoms. The fourth-order valence-electron chi connectivity index (χ4n) is 2.05. The molecule has 2 rings (SSSR count).